The van der Waals surface area contributed by atoms with Crippen LogP contribution in [-0.4, -0.2) is 11.7 Å². The Morgan fingerprint density at radius 2 is 1.79 bits per heavy atom. The molecular formula is C16H18FNO. The molecule has 0 bridgehead atoms. The van der Waals surface area contributed by atoms with E-state index in [2.05, 4.69) is 0 Å². The number of rotatable bonds is 4. The van der Waals surface area contributed by atoms with Gasteiger partial charge in [0.15, 0.2) is 0 Å². The van der Waals surface area contributed by atoms with Crippen molar-refractivity contribution in [1.82, 2.24) is 0 Å². The number of hydrogen-bond acceptors (Lipinski definition) is 2. The van der Waals surface area contributed by atoms with E-state index in [1.807, 2.05) is 30.3 Å². The summed E-state index contributed by atoms with van der Waals surface area (Å²) in [7, 11) is 0. The molecule has 0 fully saturated rings. The summed E-state index contributed by atoms with van der Waals surface area (Å²) in [6, 6.07) is 14.4. The third-order valence-electron chi connectivity index (χ3n) is 3.40. The minimum Gasteiger partial charge on any atom is -0.388 e. The average Bonchev–Trinajstić information content (AvgIpc) is 2.44. The van der Waals surface area contributed by atoms with Gasteiger partial charge < -0.3 is 10.8 Å². The molecule has 0 saturated heterocycles. The number of aliphatic hydroxyl groups excluding tert-OH is 1. The third kappa shape index (κ3) is 3.00. The zero-order valence-electron chi connectivity index (χ0n) is 10.9. The second-order valence-electron chi connectivity index (χ2n) is 4.71. The van der Waals surface area contributed by atoms with Gasteiger partial charge in [0.2, 0.25) is 0 Å². The van der Waals surface area contributed by atoms with E-state index in [1.54, 1.807) is 19.1 Å². The van der Waals surface area contributed by atoms with Crippen molar-refractivity contribution in [3.8, 4) is 0 Å². The molecule has 19 heavy (non-hydrogen) atoms. The van der Waals surface area contributed by atoms with Gasteiger partial charge in [-0.2, -0.15) is 0 Å². The minimum atomic E-state index is -0.803. The fourth-order valence-electron chi connectivity index (χ4n) is 2.17. The van der Waals surface area contributed by atoms with Crippen molar-refractivity contribution in [3.05, 3.63) is 71.0 Å². The molecule has 0 amide bonds. The van der Waals surface area contributed by atoms with Gasteiger partial charge in [0.05, 0.1) is 6.10 Å². The molecule has 0 aliphatic rings. The molecule has 100 valence electrons. The zero-order chi connectivity index (χ0) is 13.8. The summed E-state index contributed by atoms with van der Waals surface area (Å²) >= 11 is 0. The number of aliphatic hydroxyl groups is 1. The van der Waals surface area contributed by atoms with E-state index >= 15 is 0 Å². The summed E-state index contributed by atoms with van der Waals surface area (Å²) in [4.78, 5) is 0. The monoisotopic (exact) mass is 259 g/mol. The lowest BCUT2D eigenvalue weighted by Gasteiger charge is -2.22. The van der Waals surface area contributed by atoms with Crippen molar-refractivity contribution in [2.75, 3.05) is 6.54 Å². The van der Waals surface area contributed by atoms with Gasteiger partial charge in [-0.15, -0.1) is 0 Å². The van der Waals surface area contributed by atoms with Gasteiger partial charge in [-0.05, 0) is 29.7 Å². The van der Waals surface area contributed by atoms with Gasteiger partial charge in [-0.3, -0.25) is 0 Å². The molecular weight excluding hydrogens is 241 g/mol. The number of benzene rings is 2. The van der Waals surface area contributed by atoms with Crippen LogP contribution in [-0.2, 0) is 0 Å². The lowest BCUT2D eigenvalue weighted by Crippen LogP contribution is -2.20. The van der Waals surface area contributed by atoms with E-state index in [0.29, 0.717) is 17.7 Å². The van der Waals surface area contributed by atoms with E-state index in [-0.39, 0.29) is 11.7 Å². The van der Waals surface area contributed by atoms with Crippen LogP contribution in [0.4, 0.5) is 4.39 Å². The van der Waals surface area contributed by atoms with Gasteiger partial charge in [0.25, 0.3) is 0 Å². The molecule has 2 unspecified atom stereocenters. The molecule has 2 aromatic rings. The Balaban J connectivity index is 2.30. The van der Waals surface area contributed by atoms with E-state index in [9.17, 15) is 9.50 Å². The first-order valence-electron chi connectivity index (χ1n) is 6.32. The molecule has 2 atom stereocenters. The van der Waals surface area contributed by atoms with E-state index in [1.165, 1.54) is 6.07 Å². The first-order valence-corrected chi connectivity index (χ1v) is 6.32. The normalized spacial score (nSPS) is 14.1. The van der Waals surface area contributed by atoms with Crippen LogP contribution >= 0.6 is 0 Å². The Bertz CT molecular complexity index is 542. The highest BCUT2D eigenvalue weighted by Gasteiger charge is 2.21. The van der Waals surface area contributed by atoms with Crippen LogP contribution in [0.3, 0.4) is 0 Å². The summed E-state index contributed by atoms with van der Waals surface area (Å²) in [5.41, 5.74) is 7.84. The summed E-state index contributed by atoms with van der Waals surface area (Å²) in [6.45, 7) is 2.00. The molecule has 0 heterocycles. The van der Waals surface area contributed by atoms with Gasteiger partial charge in [-0.25, -0.2) is 4.39 Å². The highest BCUT2D eigenvalue weighted by atomic mass is 19.1. The molecule has 0 aromatic heterocycles. The number of halogens is 1. The van der Waals surface area contributed by atoms with Crippen LogP contribution in [0.5, 0.6) is 0 Å². The van der Waals surface area contributed by atoms with Crippen LogP contribution in [0.2, 0.25) is 0 Å². The number of aryl methyl sites for hydroxylation is 1. The first kappa shape index (κ1) is 13.7. The van der Waals surface area contributed by atoms with Crippen LogP contribution in [0.25, 0.3) is 0 Å². The molecule has 2 nitrogen and oxygen atoms in total. The van der Waals surface area contributed by atoms with Gasteiger partial charge >= 0.3 is 0 Å². The fourth-order valence-corrected chi connectivity index (χ4v) is 2.17. The molecule has 0 aliphatic carbocycles. The Morgan fingerprint density at radius 1 is 1.11 bits per heavy atom. The second kappa shape index (κ2) is 5.95. The average molecular weight is 259 g/mol. The summed E-state index contributed by atoms with van der Waals surface area (Å²) in [6.07, 6.45) is -0.803. The van der Waals surface area contributed by atoms with Crippen molar-refractivity contribution in [2.45, 2.75) is 18.9 Å². The molecule has 0 aliphatic heterocycles. The molecule has 0 spiro atoms. The quantitative estimate of drug-likeness (QED) is 0.886. The lowest BCUT2D eigenvalue weighted by atomic mass is 9.89. The van der Waals surface area contributed by atoms with Gasteiger partial charge in [0, 0.05) is 12.5 Å². The summed E-state index contributed by atoms with van der Waals surface area (Å²) in [5.74, 6) is -0.538. The van der Waals surface area contributed by atoms with Crippen LogP contribution in [0, 0.1) is 12.7 Å². The predicted octanol–water partition coefficient (Wildman–Crippen LogP) is 2.91. The first-order chi connectivity index (χ1) is 9.13. The molecule has 3 heteroatoms. The van der Waals surface area contributed by atoms with E-state index in [4.69, 9.17) is 5.73 Å². The minimum absolute atomic E-state index is 0.233. The Kier molecular flexibility index (Phi) is 4.30. The van der Waals surface area contributed by atoms with Crippen molar-refractivity contribution in [1.29, 1.82) is 0 Å². The SMILES string of the molecule is Cc1ccc(C(O)C(CN)c2ccccc2)cc1F. The maximum atomic E-state index is 13.6. The van der Waals surface area contributed by atoms with Crippen LogP contribution < -0.4 is 5.73 Å². The van der Waals surface area contributed by atoms with Gasteiger partial charge in [0.1, 0.15) is 5.82 Å². The number of nitrogens with two attached hydrogens (primary N) is 1. The van der Waals surface area contributed by atoms with Crippen molar-refractivity contribution < 1.29 is 9.50 Å². The van der Waals surface area contributed by atoms with E-state index in [0.717, 1.165) is 5.56 Å². The second-order valence-corrected chi connectivity index (χ2v) is 4.71. The number of hydrogen-bond donors (Lipinski definition) is 2. The summed E-state index contributed by atoms with van der Waals surface area (Å²) < 4.78 is 13.6. The summed E-state index contributed by atoms with van der Waals surface area (Å²) in [5, 5.41) is 10.4. The molecule has 2 aromatic carbocycles. The lowest BCUT2D eigenvalue weighted by molar-refractivity contribution is 0.147. The molecule has 2 rings (SSSR count). The maximum Gasteiger partial charge on any atom is 0.126 e. The zero-order valence-corrected chi connectivity index (χ0v) is 10.9. The Hall–Kier alpha value is -1.71. The highest BCUT2D eigenvalue weighted by Crippen LogP contribution is 2.30. The highest BCUT2D eigenvalue weighted by molar-refractivity contribution is 5.29. The molecule has 0 saturated carbocycles. The predicted molar refractivity (Wildman–Crippen MR) is 74.3 cm³/mol. The topological polar surface area (TPSA) is 46.2 Å². The van der Waals surface area contributed by atoms with Crippen molar-refractivity contribution in [3.63, 3.8) is 0 Å². The van der Waals surface area contributed by atoms with Crippen molar-refractivity contribution in [2.24, 2.45) is 5.73 Å². The van der Waals surface area contributed by atoms with E-state index < -0.39 is 6.10 Å². The third-order valence-corrected chi connectivity index (χ3v) is 3.40. The Labute approximate surface area is 112 Å². The molecule has 3 N–H and O–H groups in total. The smallest absolute Gasteiger partial charge is 0.126 e. The molecule has 0 radical (unpaired) electrons. The van der Waals surface area contributed by atoms with Crippen LogP contribution in [0.1, 0.15) is 28.7 Å². The Morgan fingerprint density at radius 3 is 2.37 bits per heavy atom. The standard InChI is InChI=1S/C16H18FNO/c1-11-7-8-13(9-15(11)17)16(19)14(10-18)12-5-3-2-4-6-12/h2-9,14,16,19H,10,18H2,1H3. The maximum absolute atomic E-state index is 13.6. The fraction of sp³-hybridized carbons (Fsp3) is 0.250. The largest absolute Gasteiger partial charge is 0.388 e. The van der Waals surface area contributed by atoms with Crippen LogP contribution in [0.15, 0.2) is 48.5 Å². The van der Waals surface area contributed by atoms with Gasteiger partial charge in [-0.1, -0.05) is 42.5 Å². The van der Waals surface area contributed by atoms with Crippen molar-refractivity contribution >= 4 is 0 Å².